The van der Waals surface area contributed by atoms with E-state index >= 15 is 0 Å². The van der Waals surface area contributed by atoms with E-state index in [4.69, 9.17) is 9.57 Å². The van der Waals surface area contributed by atoms with Crippen LogP contribution in [0.5, 0.6) is 5.75 Å². The van der Waals surface area contributed by atoms with Crippen molar-refractivity contribution in [2.75, 3.05) is 29.7 Å². The summed E-state index contributed by atoms with van der Waals surface area (Å²) in [4.78, 5) is 16.4. The molecule has 1 rings (SSSR count). The van der Waals surface area contributed by atoms with Crippen molar-refractivity contribution in [2.45, 2.75) is 6.92 Å². The van der Waals surface area contributed by atoms with Gasteiger partial charge < -0.3 is 14.3 Å². The molecule has 0 spiro atoms. The number of hydrogen-bond acceptors (Lipinski definition) is 5. The van der Waals surface area contributed by atoms with E-state index in [1.165, 1.54) is 7.11 Å². The maximum Gasteiger partial charge on any atom is 0.346 e. The number of nitrogens with zero attached hydrogens (tertiary/aromatic N) is 1. The Balaban J connectivity index is 3.09. The van der Waals surface area contributed by atoms with Crippen molar-refractivity contribution in [1.29, 1.82) is 0 Å². The first-order chi connectivity index (χ1) is 10.5. The molecule has 22 heavy (non-hydrogen) atoms. The van der Waals surface area contributed by atoms with E-state index < -0.39 is 5.97 Å². The highest BCUT2D eigenvalue weighted by Gasteiger charge is 2.30. The summed E-state index contributed by atoms with van der Waals surface area (Å²) in [5.41, 5.74) is 1.59. The van der Waals surface area contributed by atoms with Gasteiger partial charge in [0.05, 0.1) is 19.9 Å². The van der Waals surface area contributed by atoms with Crippen LogP contribution >= 0.6 is 45.2 Å². The predicted octanol–water partition coefficient (Wildman–Crippen LogP) is 3.47. The van der Waals surface area contributed by atoms with Gasteiger partial charge in [-0.2, -0.15) is 0 Å². The lowest BCUT2D eigenvalue weighted by atomic mass is 9.85. The van der Waals surface area contributed by atoms with Gasteiger partial charge in [-0.05, 0) is 24.3 Å². The number of halogens is 2. The Morgan fingerprint density at radius 2 is 1.77 bits per heavy atom. The monoisotopic (exact) mass is 531 g/mol. The normalized spacial score (nSPS) is 12.0. The second-order valence-corrected chi connectivity index (χ2v) is 6.37. The Kier molecular flexibility index (Phi) is 8.44. The van der Waals surface area contributed by atoms with Crippen molar-refractivity contribution in [2.24, 2.45) is 10.6 Å². The smallest absolute Gasteiger partial charge is 0.346 e. The van der Waals surface area contributed by atoms with Crippen LogP contribution in [0.25, 0.3) is 0 Å². The number of alkyl halides is 2. The van der Waals surface area contributed by atoms with Gasteiger partial charge in [-0.15, -0.1) is 0 Å². The molecular weight excluding hydrogens is 512 g/mol. The Hall–Kier alpha value is -0.580. The van der Waals surface area contributed by atoms with Gasteiger partial charge in [0.15, 0.2) is 0 Å². The molecule has 0 bridgehead atoms. The second kappa shape index (κ2) is 9.53. The molecule has 0 N–H and O–H groups in total. The van der Waals surface area contributed by atoms with Crippen LogP contribution in [-0.2, 0) is 14.4 Å². The number of carbonyl (C=O) groups excluding carboxylic acids is 1. The van der Waals surface area contributed by atoms with Gasteiger partial charge in [-0.1, -0.05) is 57.3 Å². The Labute approximate surface area is 158 Å². The summed E-state index contributed by atoms with van der Waals surface area (Å²) in [6.45, 7) is 1.92. The first-order valence-electron chi connectivity index (χ1n) is 6.54. The van der Waals surface area contributed by atoms with Crippen molar-refractivity contribution >= 4 is 56.9 Å². The molecule has 122 valence electrons. The number of ether oxygens (including phenoxy) is 2. The minimum Gasteiger partial charge on any atom is -0.497 e. The molecule has 0 aliphatic carbocycles. The van der Waals surface area contributed by atoms with E-state index in [0.29, 0.717) is 0 Å². The summed E-state index contributed by atoms with van der Waals surface area (Å²) in [6.07, 6.45) is 0. The van der Waals surface area contributed by atoms with Crippen LogP contribution in [0.15, 0.2) is 29.4 Å². The molecule has 0 unspecified atom stereocenters. The molecule has 0 fully saturated rings. The fourth-order valence-electron chi connectivity index (χ4n) is 1.63. The van der Waals surface area contributed by atoms with Crippen LogP contribution in [0.1, 0.15) is 12.5 Å². The van der Waals surface area contributed by atoms with Crippen molar-refractivity contribution in [3.8, 4) is 5.75 Å². The molecule has 7 heteroatoms. The number of oxime groups is 1. The average molecular weight is 531 g/mol. The third-order valence-electron chi connectivity index (χ3n) is 3.09. The lowest BCUT2D eigenvalue weighted by Crippen LogP contribution is -2.32. The van der Waals surface area contributed by atoms with Gasteiger partial charge in [0, 0.05) is 19.8 Å². The van der Waals surface area contributed by atoms with Crippen LogP contribution in [0.4, 0.5) is 0 Å². The quantitative estimate of drug-likeness (QED) is 0.170. The first kappa shape index (κ1) is 19.5. The Bertz CT molecular complexity index is 513. The SMILES string of the molecule is COC(=O)CON=C(c1ccc(OC)cc1)C(C)(CI)CI. The third kappa shape index (κ3) is 5.25. The molecule has 0 radical (unpaired) electrons. The molecule has 0 atom stereocenters. The second-order valence-electron chi connectivity index (χ2n) is 4.85. The van der Waals surface area contributed by atoms with Gasteiger partial charge in [-0.25, -0.2) is 4.79 Å². The molecule has 0 heterocycles. The number of methoxy groups -OCH3 is 2. The van der Waals surface area contributed by atoms with Gasteiger partial charge in [-0.3, -0.25) is 0 Å². The molecule has 0 saturated carbocycles. The van der Waals surface area contributed by atoms with E-state index in [-0.39, 0.29) is 12.0 Å². The molecule has 0 amide bonds. The fraction of sp³-hybridized carbons (Fsp3) is 0.467. The molecule has 0 aliphatic rings. The molecule has 5 nitrogen and oxygen atoms in total. The predicted molar refractivity (Wildman–Crippen MR) is 103 cm³/mol. The van der Waals surface area contributed by atoms with Gasteiger partial charge in [0.25, 0.3) is 0 Å². The van der Waals surface area contributed by atoms with Crippen LogP contribution in [0.3, 0.4) is 0 Å². The fourth-order valence-corrected chi connectivity index (χ4v) is 3.92. The minimum atomic E-state index is -0.455. The lowest BCUT2D eigenvalue weighted by Gasteiger charge is -2.26. The zero-order valence-electron chi connectivity index (χ0n) is 12.8. The summed E-state index contributed by atoms with van der Waals surface area (Å²) in [7, 11) is 2.95. The molecule has 0 aliphatic heterocycles. The highest BCUT2D eigenvalue weighted by atomic mass is 127. The minimum absolute atomic E-state index is 0.161. The molecule has 1 aromatic carbocycles. The zero-order chi connectivity index (χ0) is 16.6. The van der Waals surface area contributed by atoms with E-state index in [2.05, 4.69) is 62.0 Å². The zero-order valence-corrected chi connectivity index (χ0v) is 17.1. The third-order valence-corrected chi connectivity index (χ3v) is 6.46. The van der Waals surface area contributed by atoms with E-state index in [0.717, 1.165) is 25.9 Å². The van der Waals surface area contributed by atoms with Crippen molar-refractivity contribution < 1.29 is 19.1 Å². The number of carbonyl (C=O) groups is 1. The molecule has 0 saturated heterocycles. The van der Waals surface area contributed by atoms with Gasteiger partial charge in [0.2, 0.25) is 6.61 Å². The van der Waals surface area contributed by atoms with E-state index in [9.17, 15) is 4.79 Å². The van der Waals surface area contributed by atoms with E-state index in [1.54, 1.807) is 7.11 Å². The van der Waals surface area contributed by atoms with Crippen molar-refractivity contribution in [3.05, 3.63) is 29.8 Å². The number of hydrogen-bond donors (Lipinski definition) is 0. The summed E-state index contributed by atoms with van der Waals surface area (Å²) in [5.74, 6) is 0.327. The lowest BCUT2D eigenvalue weighted by molar-refractivity contribution is -0.145. The van der Waals surface area contributed by atoms with Gasteiger partial charge in [0.1, 0.15) is 5.75 Å². The van der Waals surface area contributed by atoms with Crippen LogP contribution in [0.2, 0.25) is 0 Å². The van der Waals surface area contributed by atoms with Crippen molar-refractivity contribution in [3.63, 3.8) is 0 Å². The number of rotatable bonds is 8. The summed E-state index contributed by atoms with van der Waals surface area (Å²) >= 11 is 4.67. The topological polar surface area (TPSA) is 57.1 Å². The van der Waals surface area contributed by atoms with E-state index in [1.807, 2.05) is 24.3 Å². The first-order valence-corrected chi connectivity index (χ1v) is 9.59. The molecule has 1 aromatic rings. The Morgan fingerprint density at radius 1 is 1.18 bits per heavy atom. The highest BCUT2D eigenvalue weighted by molar-refractivity contribution is 14.1. The average Bonchev–Trinajstić information content (AvgIpc) is 2.58. The van der Waals surface area contributed by atoms with Crippen LogP contribution < -0.4 is 4.74 Å². The molecular formula is C15H19I2NO4. The number of benzene rings is 1. The Morgan fingerprint density at radius 3 is 2.23 bits per heavy atom. The summed E-state index contributed by atoms with van der Waals surface area (Å²) < 4.78 is 11.5. The summed E-state index contributed by atoms with van der Waals surface area (Å²) in [5, 5.41) is 4.22. The maximum absolute atomic E-state index is 11.2. The number of esters is 1. The largest absolute Gasteiger partial charge is 0.497 e. The maximum atomic E-state index is 11.2. The van der Waals surface area contributed by atoms with Crippen LogP contribution in [-0.4, -0.2) is 41.4 Å². The van der Waals surface area contributed by atoms with Crippen LogP contribution in [0, 0.1) is 5.41 Å². The molecule has 0 aromatic heterocycles. The summed E-state index contributed by atoms with van der Waals surface area (Å²) in [6, 6.07) is 7.64. The highest BCUT2D eigenvalue weighted by Crippen LogP contribution is 2.29. The van der Waals surface area contributed by atoms with Crippen molar-refractivity contribution in [1.82, 2.24) is 0 Å². The standard InChI is InChI=1S/C15H19I2NO4/c1-15(9-16,10-17)14(18-22-8-13(19)21-3)11-4-6-12(20-2)7-5-11/h4-7H,8-10H2,1-3H3. The van der Waals surface area contributed by atoms with Gasteiger partial charge >= 0.3 is 5.97 Å².